The van der Waals surface area contributed by atoms with Gasteiger partial charge in [-0.25, -0.2) is 4.68 Å². The summed E-state index contributed by atoms with van der Waals surface area (Å²) in [6, 6.07) is 8.34. The molecule has 1 aliphatic rings. The lowest BCUT2D eigenvalue weighted by atomic mass is 10.0. The molecule has 2 N–H and O–H groups in total. The van der Waals surface area contributed by atoms with Gasteiger partial charge in [-0.2, -0.15) is 0 Å². The van der Waals surface area contributed by atoms with Crippen LogP contribution in [0.1, 0.15) is 26.3 Å². The molecule has 0 radical (unpaired) electrons. The van der Waals surface area contributed by atoms with Crippen molar-refractivity contribution in [1.29, 1.82) is 0 Å². The molecule has 1 aromatic carbocycles. The van der Waals surface area contributed by atoms with E-state index in [-0.39, 0.29) is 30.7 Å². The molecular formula is C19H25N5O3. The molecule has 27 heavy (non-hydrogen) atoms. The highest BCUT2D eigenvalue weighted by molar-refractivity contribution is 5.90. The first-order valence-electron chi connectivity index (χ1n) is 9.09. The van der Waals surface area contributed by atoms with Crippen LogP contribution >= 0.6 is 0 Å². The standard InChI is InChI=1S/C19H25N5O3/c1-12(2)17(19(27)23-10-14(25)9-16(23)18(26)20-3)24-11-15(21-22-24)13-7-5-4-6-8-13/h4-8,11-12,14,16-17,25H,9-10H2,1-3H3,(H,20,26). The van der Waals surface area contributed by atoms with Crippen LogP contribution in [0.4, 0.5) is 0 Å². The fourth-order valence-corrected chi connectivity index (χ4v) is 3.50. The number of likely N-dealkylation sites (tertiary alicyclic amines) is 1. The van der Waals surface area contributed by atoms with Crippen molar-refractivity contribution in [3.63, 3.8) is 0 Å². The van der Waals surface area contributed by atoms with Crippen molar-refractivity contribution >= 4 is 11.8 Å². The third-order valence-corrected chi connectivity index (χ3v) is 4.86. The zero-order valence-corrected chi connectivity index (χ0v) is 15.7. The fourth-order valence-electron chi connectivity index (χ4n) is 3.50. The lowest BCUT2D eigenvalue weighted by Crippen LogP contribution is -2.48. The molecule has 0 spiro atoms. The van der Waals surface area contributed by atoms with Gasteiger partial charge in [-0.15, -0.1) is 5.10 Å². The Morgan fingerprint density at radius 1 is 1.26 bits per heavy atom. The number of hydrogen-bond donors (Lipinski definition) is 2. The number of nitrogens with one attached hydrogen (secondary N) is 1. The van der Waals surface area contributed by atoms with Crippen molar-refractivity contribution in [2.75, 3.05) is 13.6 Å². The molecule has 2 heterocycles. The molecule has 1 aromatic heterocycles. The number of aromatic nitrogens is 3. The van der Waals surface area contributed by atoms with Gasteiger partial charge in [0.15, 0.2) is 0 Å². The molecule has 8 nitrogen and oxygen atoms in total. The van der Waals surface area contributed by atoms with Crippen LogP contribution < -0.4 is 5.32 Å². The quantitative estimate of drug-likeness (QED) is 0.812. The molecule has 1 saturated heterocycles. The molecular weight excluding hydrogens is 346 g/mol. The van der Waals surface area contributed by atoms with Crippen molar-refractivity contribution in [2.24, 2.45) is 5.92 Å². The zero-order valence-electron chi connectivity index (χ0n) is 15.7. The van der Waals surface area contributed by atoms with E-state index in [1.807, 2.05) is 44.2 Å². The average Bonchev–Trinajstić information content (AvgIpc) is 3.28. The second-order valence-electron chi connectivity index (χ2n) is 7.15. The van der Waals surface area contributed by atoms with Crippen LogP contribution in [0.3, 0.4) is 0 Å². The summed E-state index contributed by atoms with van der Waals surface area (Å²) in [6.45, 7) is 3.99. The second kappa shape index (κ2) is 7.87. The summed E-state index contributed by atoms with van der Waals surface area (Å²) in [5.41, 5.74) is 1.59. The highest BCUT2D eigenvalue weighted by Crippen LogP contribution is 2.27. The zero-order chi connectivity index (χ0) is 19.6. The first-order chi connectivity index (χ1) is 12.9. The van der Waals surface area contributed by atoms with Gasteiger partial charge in [0.1, 0.15) is 17.8 Å². The van der Waals surface area contributed by atoms with Gasteiger partial charge >= 0.3 is 0 Å². The molecule has 1 aliphatic heterocycles. The summed E-state index contributed by atoms with van der Waals surface area (Å²) in [5.74, 6) is -0.573. The number of benzene rings is 1. The van der Waals surface area contributed by atoms with Crippen LogP contribution in [0, 0.1) is 5.92 Å². The number of nitrogens with zero attached hydrogens (tertiary/aromatic N) is 4. The molecule has 2 amide bonds. The summed E-state index contributed by atoms with van der Waals surface area (Å²) in [5, 5.41) is 20.9. The first kappa shape index (κ1) is 19.0. The van der Waals surface area contributed by atoms with E-state index in [0.717, 1.165) is 5.56 Å². The smallest absolute Gasteiger partial charge is 0.248 e. The van der Waals surface area contributed by atoms with Crippen molar-refractivity contribution in [3.05, 3.63) is 36.5 Å². The van der Waals surface area contributed by atoms with Gasteiger partial charge in [-0.05, 0) is 5.92 Å². The Bertz CT molecular complexity index is 805. The summed E-state index contributed by atoms with van der Waals surface area (Å²) >= 11 is 0. The SMILES string of the molecule is CNC(=O)C1CC(O)CN1C(=O)C(C(C)C)n1cc(-c2ccccc2)nn1. The van der Waals surface area contributed by atoms with Crippen LogP contribution in [0.5, 0.6) is 0 Å². The van der Waals surface area contributed by atoms with Gasteiger partial charge in [0.05, 0.1) is 12.3 Å². The minimum absolute atomic E-state index is 0.0640. The van der Waals surface area contributed by atoms with Gasteiger partial charge in [-0.3, -0.25) is 9.59 Å². The molecule has 8 heteroatoms. The number of β-amino-alcohol motifs (C(OH)–C–C–N with tert-alkyl or cyclic N) is 1. The Morgan fingerprint density at radius 3 is 2.59 bits per heavy atom. The highest BCUT2D eigenvalue weighted by Gasteiger charge is 2.42. The molecule has 0 aliphatic carbocycles. The monoisotopic (exact) mass is 371 g/mol. The van der Waals surface area contributed by atoms with Gasteiger partial charge in [0.25, 0.3) is 0 Å². The minimum atomic E-state index is -0.709. The number of amides is 2. The maximum Gasteiger partial charge on any atom is 0.248 e. The van der Waals surface area contributed by atoms with Crippen LogP contribution in [0.2, 0.25) is 0 Å². The van der Waals surface area contributed by atoms with E-state index in [9.17, 15) is 14.7 Å². The number of aliphatic hydroxyl groups excluding tert-OH is 1. The molecule has 2 aromatic rings. The number of hydrogen-bond acceptors (Lipinski definition) is 5. The molecule has 0 saturated carbocycles. The van der Waals surface area contributed by atoms with Gasteiger partial charge in [0, 0.05) is 25.6 Å². The van der Waals surface area contributed by atoms with E-state index in [0.29, 0.717) is 5.69 Å². The molecule has 144 valence electrons. The third kappa shape index (κ3) is 3.85. The predicted molar refractivity (Wildman–Crippen MR) is 99.5 cm³/mol. The number of rotatable bonds is 5. The van der Waals surface area contributed by atoms with Crippen molar-refractivity contribution in [1.82, 2.24) is 25.2 Å². The van der Waals surface area contributed by atoms with E-state index >= 15 is 0 Å². The summed E-state index contributed by atoms with van der Waals surface area (Å²) in [4.78, 5) is 26.9. The molecule has 1 fully saturated rings. The third-order valence-electron chi connectivity index (χ3n) is 4.86. The molecule has 0 bridgehead atoms. The number of aliphatic hydroxyl groups is 1. The highest BCUT2D eigenvalue weighted by atomic mass is 16.3. The van der Waals surface area contributed by atoms with Crippen LogP contribution in [0.25, 0.3) is 11.3 Å². The maximum absolute atomic E-state index is 13.3. The van der Waals surface area contributed by atoms with Crippen LogP contribution in [0.15, 0.2) is 36.5 Å². The normalized spacial score (nSPS) is 20.7. The Hall–Kier alpha value is -2.74. The Balaban J connectivity index is 1.88. The summed E-state index contributed by atoms with van der Waals surface area (Å²) in [7, 11) is 1.53. The van der Waals surface area contributed by atoms with E-state index in [1.54, 1.807) is 10.9 Å². The van der Waals surface area contributed by atoms with Gasteiger partial charge in [-0.1, -0.05) is 49.4 Å². The van der Waals surface area contributed by atoms with Crippen LogP contribution in [-0.2, 0) is 9.59 Å². The lowest BCUT2D eigenvalue weighted by molar-refractivity contribution is -0.142. The summed E-state index contributed by atoms with van der Waals surface area (Å²) in [6.07, 6.45) is 1.28. The molecule has 3 unspecified atom stereocenters. The summed E-state index contributed by atoms with van der Waals surface area (Å²) < 4.78 is 1.56. The van der Waals surface area contributed by atoms with E-state index in [1.165, 1.54) is 11.9 Å². The number of carbonyl (C=O) groups is 2. The first-order valence-corrected chi connectivity index (χ1v) is 9.09. The van der Waals surface area contributed by atoms with Gasteiger partial charge in [0.2, 0.25) is 11.8 Å². The van der Waals surface area contributed by atoms with Crippen molar-refractivity contribution < 1.29 is 14.7 Å². The molecule has 3 atom stereocenters. The lowest BCUT2D eigenvalue weighted by Gasteiger charge is -2.29. The minimum Gasteiger partial charge on any atom is -0.391 e. The van der Waals surface area contributed by atoms with Crippen LogP contribution in [-0.4, -0.2) is 62.6 Å². The predicted octanol–water partition coefficient (Wildman–Crippen LogP) is 0.850. The number of carbonyl (C=O) groups excluding carboxylic acids is 2. The second-order valence-corrected chi connectivity index (χ2v) is 7.15. The Kier molecular flexibility index (Phi) is 5.55. The number of likely N-dealkylation sites (N-methyl/N-ethyl adjacent to an activating group) is 1. The van der Waals surface area contributed by atoms with E-state index in [2.05, 4.69) is 15.6 Å². The van der Waals surface area contributed by atoms with E-state index in [4.69, 9.17) is 0 Å². The maximum atomic E-state index is 13.3. The Labute approximate surface area is 158 Å². The largest absolute Gasteiger partial charge is 0.391 e. The van der Waals surface area contributed by atoms with Crippen molar-refractivity contribution in [2.45, 2.75) is 38.5 Å². The van der Waals surface area contributed by atoms with Crippen molar-refractivity contribution in [3.8, 4) is 11.3 Å². The van der Waals surface area contributed by atoms with E-state index < -0.39 is 18.2 Å². The Morgan fingerprint density at radius 2 is 1.96 bits per heavy atom. The molecule has 3 rings (SSSR count). The fraction of sp³-hybridized carbons (Fsp3) is 0.474. The average molecular weight is 371 g/mol. The topological polar surface area (TPSA) is 100 Å². The van der Waals surface area contributed by atoms with Gasteiger partial charge < -0.3 is 15.3 Å².